The third-order valence-corrected chi connectivity index (χ3v) is 7.90. The van der Waals surface area contributed by atoms with Crippen LogP contribution >= 0.6 is 11.3 Å². The molecule has 0 N–H and O–H groups in total. The van der Waals surface area contributed by atoms with Gasteiger partial charge < -0.3 is 4.98 Å². The van der Waals surface area contributed by atoms with Gasteiger partial charge in [0, 0.05) is 55.3 Å². The van der Waals surface area contributed by atoms with Gasteiger partial charge in [-0.15, -0.1) is 47.3 Å². The molecule has 41 heavy (non-hydrogen) atoms. The SMILES string of the molecule is C1=[N+](c2[c-]cc3c(c2)sc2ccccc23)c2ccccc2[N+]=1c1ccccc1.[Ir].[c-]1ccccc1-c1ccccn1. The van der Waals surface area contributed by atoms with Gasteiger partial charge in [-0.2, -0.15) is 17.4 Å². The molecule has 8 rings (SSSR count). The fourth-order valence-electron chi connectivity index (χ4n) is 4.86. The fraction of sp³-hybridized carbons (Fsp3) is 0. The molecule has 0 aliphatic carbocycles. The number of rotatable bonds is 3. The summed E-state index contributed by atoms with van der Waals surface area (Å²) in [4.78, 5) is 4.22. The maximum absolute atomic E-state index is 4.22. The zero-order chi connectivity index (χ0) is 26.7. The first-order chi connectivity index (χ1) is 19.8. The Morgan fingerprint density at radius 2 is 1.37 bits per heavy atom. The van der Waals surface area contributed by atoms with Gasteiger partial charge in [-0.3, -0.25) is 0 Å². The molecule has 5 aromatic carbocycles. The molecule has 2 aromatic heterocycles. The first kappa shape index (κ1) is 26.7. The van der Waals surface area contributed by atoms with Gasteiger partial charge in [0.15, 0.2) is 0 Å². The predicted octanol–water partition coefficient (Wildman–Crippen LogP) is 9.26. The quantitative estimate of drug-likeness (QED) is 0.132. The second kappa shape index (κ2) is 11.9. The smallest absolute Gasteiger partial charge is 0.305 e. The normalized spacial score (nSPS) is 11.6. The Balaban J connectivity index is 0.000000196. The third-order valence-electron chi connectivity index (χ3n) is 6.76. The molecule has 0 amide bonds. The van der Waals surface area contributed by atoms with Crippen molar-refractivity contribution in [3.8, 4) is 11.3 Å². The largest absolute Gasteiger partial charge is 0.501 e. The van der Waals surface area contributed by atoms with Crippen molar-refractivity contribution in [2.24, 2.45) is 0 Å². The van der Waals surface area contributed by atoms with E-state index in [1.807, 2.05) is 59.9 Å². The van der Waals surface area contributed by atoms with E-state index >= 15 is 0 Å². The van der Waals surface area contributed by atoms with E-state index in [1.54, 1.807) is 6.20 Å². The predicted molar refractivity (Wildman–Crippen MR) is 167 cm³/mol. The van der Waals surface area contributed by atoms with Crippen molar-refractivity contribution in [3.05, 3.63) is 152 Å². The Hall–Kier alpha value is -4.50. The summed E-state index contributed by atoms with van der Waals surface area (Å²) in [5.74, 6) is 0. The van der Waals surface area contributed by atoms with Crippen LogP contribution in [0.2, 0.25) is 0 Å². The van der Waals surface area contributed by atoms with Crippen LogP contribution in [0.15, 0.2) is 140 Å². The molecule has 0 spiro atoms. The number of pyridine rings is 1. The van der Waals surface area contributed by atoms with Crippen molar-refractivity contribution in [2.45, 2.75) is 0 Å². The number of nitrogens with zero attached hydrogens (tertiary/aromatic N) is 3. The monoisotopic (exact) mass is 722 g/mol. The molecule has 197 valence electrons. The Labute approximate surface area is 256 Å². The molecule has 0 saturated heterocycles. The molecule has 0 fully saturated rings. The van der Waals surface area contributed by atoms with Gasteiger partial charge in [0.25, 0.3) is 11.4 Å². The summed E-state index contributed by atoms with van der Waals surface area (Å²) >= 11 is 1.83. The van der Waals surface area contributed by atoms with Crippen LogP contribution in [0, 0.1) is 12.1 Å². The van der Waals surface area contributed by atoms with E-state index in [2.05, 4.69) is 117 Å². The summed E-state index contributed by atoms with van der Waals surface area (Å²) in [7, 11) is 0. The number of aromatic nitrogens is 1. The molecule has 0 bridgehead atoms. The molecule has 1 aliphatic heterocycles. The topological polar surface area (TPSA) is 18.9 Å². The van der Waals surface area contributed by atoms with Gasteiger partial charge >= 0.3 is 6.01 Å². The van der Waals surface area contributed by atoms with Crippen molar-refractivity contribution in [1.82, 2.24) is 14.1 Å². The van der Waals surface area contributed by atoms with Crippen molar-refractivity contribution in [1.29, 1.82) is 0 Å². The first-order valence-corrected chi connectivity index (χ1v) is 13.9. The van der Waals surface area contributed by atoms with Gasteiger partial charge in [-0.1, -0.05) is 81.4 Å². The maximum atomic E-state index is 4.22. The summed E-state index contributed by atoms with van der Waals surface area (Å²) in [5.41, 5.74) is 6.35. The van der Waals surface area contributed by atoms with Gasteiger partial charge in [0.2, 0.25) is 5.69 Å². The summed E-state index contributed by atoms with van der Waals surface area (Å²) in [5, 5.41) is 2.56. The van der Waals surface area contributed by atoms with Crippen LogP contribution < -0.4 is 9.15 Å². The number of hydrogen-bond acceptors (Lipinski definition) is 2. The minimum atomic E-state index is 0. The number of benzene rings is 5. The van der Waals surface area contributed by atoms with E-state index in [9.17, 15) is 0 Å². The molecular formula is C36H23IrN3S. The van der Waals surface area contributed by atoms with Gasteiger partial charge in [0.1, 0.15) is 5.69 Å². The van der Waals surface area contributed by atoms with Crippen molar-refractivity contribution < 1.29 is 20.1 Å². The van der Waals surface area contributed by atoms with Crippen LogP contribution in [-0.2, 0) is 20.1 Å². The van der Waals surface area contributed by atoms with Crippen molar-refractivity contribution >= 4 is 60.3 Å². The van der Waals surface area contributed by atoms with E-state index < -0.39 is 0 Å². The molecule has 3 nitrogen and oxygen atoms in total. The Bertz CT molecular complexity index is 1990. The third kappa shape index (κ3) is 5.32. The Kier molecular flexibility index (Phi) is 7.77. The van der Waals surface area contributed by atoms with Gasteiger partial charge in [-0.25, -0.2) is 0 Å². The minimum Gasteiger partial charge on any atom is -0.305 e. The molecule has 7 aromatic rings. The number of thiophene rings is 1. The maximum Gasteiger partial charge on any atom is 0.501 e. The summed E-state index contributed by atoms with van der Waals surface area (Å²) in [6.45, 7) is 0. The Morgan fingerprint density at radius 1 is 0.634 bits per heavy atom. The van der Waals surface area contributed by atoms with Crippen molar-refractivity contribution in [2.75, 3.05) is 0 Å². The van der Waals surface area contributed by atoms with Crippen LogP contribution in [0.1, 0.15) is 0 Å². The van der Waals surface area contributed by atoms with Crippen LogP contribution in [0.3, 0.4) is 0 Å². The Morgan fingerprint density at radius 3 is 2.15 bits per heavy atom. The zero-order valence-corrected chi connectivity index (χ0v) is 25.1. The molecular weight excluding hydrogens is 699 g/mol. The van der Waals surface area contributed by atoms with Gasteiger partial charge in [0.05, 0.1) is 0 Å². The van der Waals surface area contributed by atoms with Crippen molar-refractivity contribution in [3.63, 3.8) is 0 Å². The molecule has 3 heterocycles. The molecule has 0 atom stereocenters. The molecule has 0 saturated carbocycles. The molecule has 1 aliphatic rings. The second-order valence-corrected chi connectivity index (χ2v) is 10.4. The van der Waals surface area contributed by atoms with Crippen LogP contribution in [-0.4, -0.2) is 11.0 Å². The standard InChI is InChI=1S/C25H15N2S.C11H8N.Ir/c1-2-8-18(9-3-1)26-17-27(23-12-6-5-11-22(23)26)19-14-15-21-20-10-4-7-13-24(20)28-25(21)16-19;1-2-6-10(7-3-1)11-8-4-5-9-12-11;/h1-13,15-16H;1-6,8-9H;/q+1;-1;. The fourth-order valence-corrected chi connectivity index (χ4v) is 5.98. The minimum absolute atomic E-state index is 0. The summed E-state index contributed by atoms with van der Waals surface area (Å²) < 4.78 is 6.79. The van der Waals surface area contributed by atoms with E-state index in [0.29, 0.717) is 0 Å². The van der Waals surface area contributed by atoms with E-state index in [-0.39, 0.29) is 20.1 Å². The van der Waals surface area contributed by atoms with Gasteiger partial charge in [-0.05, 0) is 22.4 Å². The molecule has 1 radical (unpaired) electrons. The average molecular weight is 722 g/mol. The second-order valence-electron chi connectivity index (χ2n) is 9.28. The van der Waals surface area contributed by atoms with E-state index in [4.69, 9.17) is 0 Å². The summed E-state index contributed by atoms with van der Waals surface area (Å²) in [6.07, 6.45) is 1.79. The average Bonchev–Trinajstić information content (AvgIpc) is 3.61. The van der Waals surface area contributed by atoms with Crippen LogP contribution in [0.5, 0.6) is 0 Å². The molecule has 5 heteroatoms. The molecule has 0 unspecified atom stereocenters. The van der Waals surface area contributed by atoms with Crippen LogP contribution in [0.25, 0.3) is 31.4 Å². The first-order valence-electron chi connectivity index (χ1n) is 13.1. The number of hydrogen-bond donors (Lipinski definition) is 0. The number of para-hydroxylation sites is 3. The van der Waals surface area contributed by atoms with E-state index in [1.165, 1.54) is 20.2 Å². The summed E-state index contributed by atoms with van der Waals surface area (Å²) in [6, 6.07) is 55.5. The zero-order valence-electron chi connectivity index (χ0n) is 21.9. The number of fused-ring (bicyclic) bond motifs is 4. The van der Waals surface area contributed by atoms with E-state index in [0.717, 1.165) is 34.0 Å². The van der Waals surface area contributed by atoms with Crippen LogP contribution in [0.4, 0.5) is 22.7 Å².